The number of rotatable bonds is 2. The lowest BCUT2D eigenvalue weighted by atomic mass is 10.3. The minimum Gasteiger partial charge on any atom is -0.465 e. The molecule has 5 nitrogen and oxygen atoms in total. The van der Waals surface area contributed by atoms with Gasteiger partial charge in [-0.2, -0.15) is 0 Å². The van der Waals surface area contributed by atoms with Crippen LogP contribution in [0.2, 0.25) is 0 Å². The first-order valence-corrected chi connectivity index (χ1v) is 5.05. The molecular formula is C10H15N3O2. The van der Waals surface area contributed by atoms with Crippen LogP contribution in [0.5, 0.6) is 0 Å². The lowest BCUT2D eigenvalue weighted by Gasteiger charge is -2.25. The van der Waals surface area contributed by atoms with Crippen LogP contribution in [0.15, 0.2) is 24.0 Å². The van der Waals surface area contributed by atoms with Crippen molar-refractivity contribution < 1.29 is 9.53 Å². The van der Waals surface area contributed by atoms with Gasteiger partial charge < -0.3 is 15.4 Å². The number of nitrogens with zero attached hydrogens (tertiary/aromatic N) is 1. The number of ether oxygens (including phenoxy) is 1. The predicted molar refractivity (Wildman–Crippen MR) is 55.5 cm³/mol. The SMILES string of the molecule is CCOC(=O)[C@H]1CN2C(N)=CC=C[C@H]2N1. The Hall–Kier alpha value is -1.49. The number of carbonyl (C=O) groups is 1. The van der Waals surface area contributed by atoms with Gasteiger partial charge in [0.1, 0.15) is 18.0 Å². The highest BCUT2D eigenvalue weighted by Crippen LogP contribution is 2.17. The van der Waals surface area contributed by atoms with E-state index in [4.69, 9.17) is 10.5 Å². The fraction of sp³-hybridized carbons (Fsp3) is 0.500. The standard InChI is InChI=1S/C10H15N3O2/c1-2-15-10(14)7-6-13-8(11)4-3-5-9(13)12-7/h3-5,7,9,12H,2,6,11H2,1H3/t7-,9+/m1/s1. The first-order chi connectivity index (χ1) is 7.22. The van der Waals surface area contributed by atoms with Gasteiger partial charge in [-0.25, -0.2) is 0 Å². The van der Waals surface area contributed by atoms with E-state index in [1.807, 2.05) is 23.1 Å². The first-order valence-electron chi connectivity index (χ1n) is 5.05. The Bertz CT molecular complexity index is 325. The quantitative estimate of drug-likeness (QED) is 0.601. The molecule has 15 heavy (non-hydrogen) atoms. The van der Waals surface area contributed by atoms with Gasteiger partial charge in [0.15, 0.2) is 0 Å². The summed E-state index contributed by atoms with van der Waals surface area (Å²) >= 11 is 0. The molecule has 2 rings (SSSR count). The molecule has 0 aliphatic carbocycles. The van der Waals surface area contributed by atoms with Gasteiger partial charge >= 0.3 is 5.97 Å². The van der Waals surface area contributed by atoms with Crippen molar-refractivity contribution in [1.82, 2.24) is 10.2 Å². The van der Waals surface area contributed by atoms with E-state index >= 15 is 0 Å². The second-order valence-corrected chi connectivity index (χ2v) is 3.54. The van der Waals surface area contributed by atoms with Crippen LogP contribution in [0.25, 0.3) is 0 Å². The maximum atomic E-state index is 11.5. The number of hydrogen-bond acceptors (Lipinski definition) is 5. The molecular weight excluding hydrogens is 194 g/mol. The van der Waals surface area contributed by atoms with Gasteiger partial charge in [-0.05, 0) is 19.1 Å². The van der Waals surface area contributed by atoms with Gasteiger partial charge in [0.2, 0.25) is 0 Å². The van der Waals surface area contributed by atoms with Crippen LogP contribution in [0, 0.1) is 0 Å². The van der Waals surface area contributed by atoms with Gasteiger partial charge in [0, 0.05) is 6.54 Å². The Morgan fingerprint density at radius 2 is 2.60 bits per heavy atom. The number of nitrogens with two attached hydrogens (primary N) is 1. The van der Waals surface area contributed by atoms with Crippen LogP contribution in [-0.2, 0) is 9.53 Å². The van der Waals surface area contributed by atoms with Gasteiger partial charge in [-0.3, -0.25) is 10.1 Å². The number of hydrogen-bond donors (Lipinski definition) is 2. The van der Waals surface area contributed by atoms with Crippen molar-refractivity contribution in [2.45, 2.75) is 19.1 Å². The topological polar surface area (TPSA) is 67.6 Å². The van der Waals surface area contributed by atoms with Crippen molar-refractivity contribution >= 4 is 5.97 Å². The molecule has 0 saturated carbocycles. The first kappa shape index (κ1) is 10.0. The van der Waals surface area contributed by atoms with E-state index < -0.39 is 0 Å². The highest BCUT2D eigenvalue weighted by molar-refractivity contribution is 5.76. The molecule has 5 heteroatoms. The minimum atomic E-state index is -0.287. The van der Waals surface area contributed by atoms with E-state index in [-0.39, 0.29) is 18.2 Å². The fourth-order valence-electron chi connectivity index (χ4n) is 1.83. The molecule has 0 bridgehead atoms. The summed E-state index contributed by atoms with van der Waals surface area (Å²) < 4.78 is 4.95. The summed E-state index contributed by atoms with van der Waals surface area (Å²) in [4.78, 5) is 13.4. The number of allylic oxidation sites excluding steroid dienone is 2. The molecule has 0 spiro atoms. The van der Waals surface area contributed by atoms with Crippen LogP contribution in [-0.4, -0.2) is 36.2 Å². The molecule has 1 saturated heterocycles. The third-order valence-electron chi connectivity index (χ3n) is 2.55. The zero-order chi connectivity index (χ0) is 10.8. The monoisotopic (exact) mass is 209 g/mol. The molecule has 0 amide bonds. The van der Waals surface area contributed by atoms with E-state index in [9.17, 15) is 4.79 Å². The predicted octanol–water partition coefficient (Wildman–Crippen LogP) is -0.481. The maximum absolute atomic E-state index is 11.5. The molecule has 3 N–H and O–H groups in total. The highest BCUT2D eigenvalue weighted by atomic mass is 16.5. The summed E-state index contributed by atoms with van der Waals surface area (Å²) in [5.74, 6) is 0.467. The van der Waals surface area contributed by atoms with Crippen molar-refractivity contribution in [3.8, 4) is 0 Å². The molecule has 0 radical (unpaired) electrons. The molecule has 82 valence electrons. The normalized spacial score (nSPS) is 28.6. The number of esters is 1. The Morgan fingerprint density at radius 3 is 3.27 bits per heavy atom. The number of fused-ring (bicyclic) bond motifs is 1. The van der Waals surface area contributed by atoms with E-state index in [0.717, 1.165) is 0 Å². The molecule has 2 heterocycles. The van der Waals surface area contributed by atoms with Gasteiger partial charge in [-0.15, -0.1) is 0 Å². The molecule has 0 aromatic heterocycles. The number of nitrogens with one attached hydrogen (secondary N) is 1. The van der Waals surface area contributed by atoms with Crippen molar-refractivity contribution in [2.75, 3.05) is 13.2 Å². The van der Waals surface area contributed by atoms with E-state index in [0.29, 0.717) is 19.0 Å². The third kappa shape index (κ3) is 1.83. The molecule has 1 fully saturated rings. The molecule has 2 aliphatic rings. The van der Waals surface area contributed by atoms with Crippen LogP contribution < -0.4 is 11.1 Å². The van der Waals surface area contributed by atoms with Gasteiger partial charge in [-0.1, -0.05) is 6.08 Å². The zero-order valence-electron chi connectivity index (χ0n) is 8.64. The fourth-order valence-corrected chi connectivity index (χ4v) is 1.83. The van der Waals surface area contributed by atoms with Crippen LogP contribution in [0.3, 0.4) is 0 Å². The second-order valence-electron chi connectivity index (χ2n) is 3.54. The second kappa shape index (κ2) is 3.94. The van der Waals surface area contributed by atoms with Crippen molar-refractivity contribution in [3.05, 3.63) is 24.0 Å². The Balaban J connectivity index is 2.03. The molecule has 0 aromatic carbocycles. The van der Waals surface area contributed by atoms with Gasteiger partial charge in [0.25, 0.3) is 0 Å². The summed E-state index contributed by atoms with van der Waals surface area (Å²) in [6.45, 7) is 2.77. The Labute approximate surface area is 88.6 Å². The smallest absolute Gasteiger partial charge is 0.325 e. The molecule has 0 unspecified atom stereocenters. The summed E-state index contributed by atoms with van der Waals surface area (Å²) in [7, 11) is 0. The average Bonchev–Trinajstić information content (AvgIpc) is 2.63. The van der Waals surface area contributed by atoms with Crippen molar-refractivity contribution in [2.24, 2.45) is 5.73 Å². The summed E-state index contributed by atoms with van der Waals surface area (Å²) in [6.07, 6.45) is 5.70. The Kier molecular flexibility index (Phi) is 2.64. The summed E-state index contributed by atoms with van der Waals surface area (Å²) in [5, 5.41) is 3.15. The van der Waals surface area contributed by atoms with E-state index in [1.54, 1.807) is 6.92 Å². The average molecular weight is 209 g/mol. The van der Waals surface area contributed by atoms with E-state index in [2.05, 4.69) is 5.32 Å². The van der Waals surface area contributed by atoms with Gasteiger partial charge in [0.05, 0.1) is 6.61 Å². The van der Waals surface area contributed by atoms with Crippen LogP contribution in [0.4, 0.5) is 0 Å². The number of carbonyl (C=O) groups excluding carboxylic acids is 1. The van der Waals surface area contributed by atoms with Crippen molar-refractivity contribution in [1.29, 1.82) is 0 Å². The molecule has 0 aromatic rings. The Morgan fingerprint density at radius 1 is 1.80 bits per heavy atom. The van der Waals surface area contributed by atoms with Crippen LogP contribution >= 0.6 is 0 Å². The summed E-state index contributed by atoms with van der Waals surface area (Å²) in [5.41, 5.74) is 5.80. The highest BCUT2D eigenvalue weighted by Gasteiger charge is 2.36. The van der Waals surface area contributed by atoms with E-state index in [1.165, 1.54) is 0 Å². The van der Waals surface area contributed by atoms with Crippen molar-refractivity contribution in [3.63, 3.8) is 0 Å². The lowest BCUT2D eigenvalue weighted by molar-refractivity contribution is -0.145. The maximum Gasteiger partial charge on any atom is 0.325 e. The largest absolute Gasteiger partial charge is 0.465 e. The molecule has 2 atom stereocenters. The summed E-state index contributed by atoms with van der Waals surface area (Å²) in [6, 6.07) is -0.287. The zero-order valence-corrected chi connectivity index (χ0v) is 8.64. The minimum absolute atomic E-state index is 0.0180. The lowest BCUT2D eigenvalue weighted by Crippen LogP contribution is -2.39. The third-order valence-corrected chi connectivity index (χ3v) is 2.55. The molecule has 2 aliphatic heterocycles. The van der Waals surface area contributed by atoms with Crippen LogP contribution in [0.1, 0.15) is 6.92 Å².